The van der Waals surface area contributed by atoms with E-state index in [4.69, 9.17) is 16.3 Å². The Labute approximate surface area is 194 Å². The van der Waals surface area contributed by atoms with E-state index in [0.717, 1.165) is 5.56 Å². The molecule has 2 saturated heterocycles. The number of amides is 2. The molecule has 1 aromatic carbocycles. The molecule has 2 heterocycles. The fourth-order valence-electron chi connectivity index (χ4n) is 3.97. The van der Waals surface area contributed by atoms with Crippen molar-refractivity contribution in [2.75, 3.05) is 52.4 Å². The summed E-state index contributed by atoms with van der Waals surface area (Å²) in [5.41, 5.74) is 1.07. The number of hydrogen-bond donors (Lipinski definition) is 1. The molecule has 3 rings (SSSR count). The number of hydrogen-bond acceptors (Lipinski definition) is 5. The number of nitrogens with one attached hydrogen (secondary N) is 1. The molecule has 9 nitrogen and oxygen atoms in total. The fraction of sp³-hybridized carbons (Fsp3) is 0.619. The van der Waals surface area contributed by atoms with E-state index in [1.165, 1.54) is 13.5 Å². The highest BCUT2D eigenvalue weighted by Gasteiger charge is 2.37. The largest absolute Gasteiger partial charge is 0.450 e. The molecule has 0 unspecified atom stereocenters. The molecule has 0 spiro atoms. The minimum Gasteiger partial charge on any atom is -0.450 e. The van der Waals surface area contributed by atoms with Crippen molar-refractivity contribution in [3.63, 3.8) is 0 Å². The molecule has 11 heteroatoms. The summed E-state index contributed by atoms with van der Waals surface area (Å²) in [6.45, 7) is 4.10. The Morgan fingerprint density at radius 2 is 1.78 bits per heavy atom. The van der Waals surface area contributed by atoms with Gasteiger partial charge in [0.1, 0.15) is 0 Å². The van der Waals surface area contributed by atoms with Crippen molar-refractivity contribution in [2.24, 2.45) is 5.92 Å². The van der Waals surface area contributed by atoms with Gasteiger partial charge in [0.15, 0.2) is 0 Å². The van der Waals surface area contributed by atoms with Crippen molar-refractivity contribution in [2.45, 2.75) is 26.2 Å². The Hall–Kier alpha value is -1.88. The summed E-state index contributed by atoms with van der Waals surface area (Å²) in [5.74, 6) is -0.490. The summed E-state index contributed by atoms with van der Waals surface area (Å²) in [6, 6.07) is 7.47. The molecule has 1 atom stereocenters. The van der Waals surface area contributed by atoms with Crippen molar-refractivity contribution < 1.29 is 22.7 Å². The number of ether oxygens (including phenoxy) is 1. The summed E-state index contributed by atoms with van der Waals surface area (Å²) in [6.07, 6.45) is 1.56. The highest BCUT2D eigenvalue weighted by atomic mass is 35.5. The Bertz CT molecular complexity index is 888. The second kappa shape index (κ2) is 11.3. The zero-order chi connectivity index (χ0) is 23.1. The SMILES string of the molecule is CCOC(=O)N1CCN(S(=O)(=O)N2CCC[C@H](C(=O)NCCc3ccc(Cl)cc3)C2)CC1. The van der Waals surface area contributed by atoms with Crippen LogP contribution in [0.1, 0.15) is 25.3 Å². The molecule has 2 fully saturated rings. The lowest BCUT2D eigenvalue weighted by molar-refractivity contribution is -0.126. The monoisotopic (exact) mass is 486 g/mol. The van der Waals surface area contributed by atoms with Gasteiger partial charge < -0.3 is 15.0 Å². The van der Waals surface area contributed by atoms with Gasteiger partial charge in [0, 0.05) is 50.8 Å². The molecule has 0 saturated carbocycles. The number of piperidine rings is 1. The Balaban J connectivity index is 1.49. The third kappa shape index (κ3) is 6.34. The van der Waals surface area contributed by atoms with Gasteiger partial charge in [-0.1, -0.05) is 23.7 Å². The minimum atomic E-state index is -3.69. The molecule has 1 N–H and O–H groups in total. The van der Waals surface area contributed by atoms with Crippen LogP contribution < -0.4 is 5.32 Å². The predicted octanol–water partition coefficient (Wildman–Crippen LogP) is 1.73. The van der Waals surface area contributed by atoms with Crippen LogP contribution in [0.2, 0.25) is 5.02 Å². The van der Waals surface area contributed by atoms with Gasteiger partial charge in [0.05, 0.1) is 12.5 Å². The lowest BCUT2D eigenvalue weighted by atomic mass is 9.99. The lowest BCUT2D eigenvalue weighted by Gasteiger charge is -2.38. The van der Waals surface area contributed by atoms with Crippen LogP contribution in [0.15, 0.2) is 24.3 Å². The van der Waals surface area contributed by atoms with Crippen LogP contribution in [0.4, 0.5) is 4.79 Å². The number of carbonyl (C=O) groups is 2. The van der Waals surface area contributed by atoms with Crippen LogP contribution in [-0.2, 0) is 26.2 Å². The summed E-state index contributed by atoms with van der Waals surface area (Å²) >= 11 is 5.89. The smallest absolute Gasteiger partial charge is 0.409 e. The summed E-state index contributed by atoms with van der Waals surface area (Å²) in [7, 11) is -3.69. The molecular formula is C21H31ClN4O5S. The predicted molar refractivity (Wildman–Crippen MR) is 122 cm³/mol. The van der Waals surface area contributed by atoms with Gasteiger partial charge >= 0.3 is 6.09 Å². The van der Waals surface area contributed by atoms with E-state index in [-0.39, 0.29) is 38.1 Å². The van der Waals surface area contributed by atoms with Crippen molar-refractivity contribution in [1.29, 1.82) is 0 Å². The normalized spacial score (nSPS) is 20.7. The molecule has 1 aromatic rings. The van der Waals surface area contributed by atoms with Crippen LogP contribution in [0.3, 0.4) is 0 Å². The van der Waals surface area contributed by atoms with Gasteiger partial charge in [-0.3, -0.25) is 4.79 Å². The van der Waals surface area contributed by atoms with Gasteiger partial charge in [-0.05, 0) is 43.9 Å². The molecule has 32 heavy (non-hydrogen) atoms. The van der Waals surface area contributed by atoms with E-state index in [0.29, 0.717) is 50.5 Å². The highest BCUT2D eigenvalue weighted by Crippen LogP contribution is 2.22. The van der Waals surface area contributed by atoms with E-state index in [2.05, 4.69) is 5.32 Å². The average Bonchev–Trinajstić information content (AvgIpc) is 2.80. The van der Waals surface area contributed by atoms with Crippen molar-refractivity contribution in [3.8, 4) is 0 Å². The molecule has 0 aliphatic carbocycles. The first-order chi connectivity index (χ1) is 15.3. The third-order valence-electron chi connectivity index (χ3n) is 5.80. The second-order valence-electron chi connectivity index (χ2n) is 7.96. The van der Waals surface area contributed by atoms with E-state index in [9.17, 15) is 18.0 Å². The first-order valence-electron chi connectivity index (χ1n) is 11.0. The maximum absolute atomic E-state index is 13.1. The molecule has 0 bridgehead atoms. The van der Waals surface area contributed by atoms with Crippen molar-refractivity contribution >= 4 is 33.8 Å². The van der Waals surface area contributed by atoms with Gasteiger partial charge in [-0.25, -0.2) is 4.79 Å². The van der Waals surface area contributed by atoms with Crippen LogP contribution in [0.5, 0.6) is 0 Å². The Morgan fingerprint density at radius 1 is 1.09 bits per heavy atom. The molecule has 2 aliphatic rings. The highest BCUT2D eigenvalue weighted by molar-refractivity contribution is 7.86. The van der Waals surface area contributed by atoms with Crippen LogP contribution in [-0.4, -0.2) is 86.3 Å². The summed E-state index contributed by atoms with van der Waals surface area (Å²) < 4.78 is 34.0. The molecule has 0 radical (unpaired) electrons. The van der Waals surface area contributed by atoms with Crippen LogP contribution in [0, 0.1) is 5.92 Å². The molecular weight excluding hydrogens is 456 g/mol. The first-order valence-corrected chi connectivity index (χ1v) is 12.8. The Morgan fingerprint density at radius 3 is 2.44 bits per heavy atom. The summed E-state index contributed by atoms with van der Waals surface area (Å²) in [5, 5.41) is 3.60. The standard InChI is InChI=1S/C21H31ClN4O5S/c1-2-31-21(28)24-12-14-25(15-13-24)32(29,30)26-11-3-4-18(16-26)20(27)23-10-9-17-5-7-19(22)8-6-17/h5-8,18H,2-4,9-16H2,1H3,(H,23,27)/t18-/m0/s1. The molecule has 178 valence electrons. The molecule has 2 amide bonds. The average molecular weight is 487 g/mol. The zero-order valence-electron chi connectivity index (χ0n) is 18.3. The van der Waals surface area contributed by atoms with E-state index < -0.39 is 16.3 Å². The number of halogens is 1. The number of benzene rings is 1. The minimum absolute atomic E-state index is 0.119. The maximum atomic E-state index is 13.1. The number of carbonyl (C=O) groups excluding carboxylic acids is 2. The van der Waals surface area contributed by atoms with Gasteiger partial charge in [0.25, 0.3) is 10.2 Å². The van der Waals surface area contributed by atoms with E-state index in [1.807, 2.05) is 24.3 Å². The zero-order valence-corrected chi connectivity index (χ0v) is 19.9. The quantitative estimate of drug-likeness (QED) is 0.632. The number of nitrogens with zero attached hydrogens (tertiary/aromatic N) is 3. The van der Waals surface area contributed by atoms with Gasteiger partial charge in [0.2, 0.25) is 5.91 Å². The third-order valence-corrected chi connectivity index (χ3v) is 8.05. The molecule has 2 aliphatic heterocycles. The van der Waals surface area contributed by atoms with E-state index in [1.54, 1.807) is 6.92 Å². The van der Waals surface area contributed by atoms with Gasteiger partial charge in [-0.2, -0.15) is 17.0 Å². The fourth-order valence-corrected chi connectivity index (χ4v) is 5.78. The first kappa shape index (κ1) is 24.8. The van der Waals surface area contributed by atoms with Crippen LogP contribution >= 0.6 is 11.6 Å². The van der Waals surface area contributed by atoms with E-state index >= 15 is 0 Å². The van der Waals surface area contributed by atoms with Crippen molar-refractivity contribution in [3.05, 3.63) is 34.9 Å². The molecule has 0 aromatic heterocycles. The second-order valence-corrected chi connectivity index (χ2v) is 10.3. The topological polar surface area (TPSA) is 99.3 Å². The summed E-state index contributed by atoms with van der Waals surface area (Å²) in [4.78, 5) is 26.0. The van der Waals surface area contributed by atoms with Crippen molar-refractivity contribution in [1.82, 2.24) is 18.8 Å². The lowest BCUT2D eigenvalue weighted by Crippen LogP contribution is -2.56. The van der Waals surface area contributed by atoms with Gasteiger partial charge in [-0.15, -0.1) is 0 Å². The number of rotatable bonds is 7. The Kier molecular flexibility index (Phi) is 8.75. The maximum Gasteiger partial charge on any atom is 0.409 e. The van der Waals surface area contributed by atoms with Crippen LogP contribution in [0.25, 0.3) is 0 Å². The number of piperazine rings is 1.